The van der Waals surface area contributed by atoms with Gasteiger partial charge >= 0.3 is 0 Å². The molecule has 7 nitrogen and oxygen atoms in total. The number of hydrogen-bond donors (Lipinski definition) is 1. The maximum atomic E-state index is 15.3. The topological polar surface area (TPSA) is 70.4 Å². The predicted molar refractivity (Wildman–Crippen MR) is 129 cm³/mol. The van der Waals surface area contributed by atoms with Gasteiger partial charge in [0, 0.05) is 33.4 Å². The molecule has 1 aromatic heterocycles. The monoisotopic (exact) mass is 490 g/mol. The molecule has 0 radical (unpaired) electrons. The average Bonchev–Trinajstić information content (AvgIpc) is 3.36. The Kier molecular flexibility index (Phi) is 5.11. The standard InChI is InChI=1S/C26H20ClFN4O3/c1-33-15-8-9-17(21(12-15)34-2)25-22-23(18-11-14(27)7-10-20(18)35-25)31-26-29-13-30-32(26)24(22)16-5-3-4-6-19(16)28/h3-13,24-25H,1-2H3,(H,29,30,31)/t24-,25+/m1/s1. The minimum absolute atomic E-state index is 0.356. The van der Waals surface area contributed by atoms with Crippen LogP contribution in [0.5, 0.6) is 17.2 Å². The molecular weight excluding hydrogens is 471 g/mol. The maximum absolute atomic E-state index is 15.3. The number of benzene rings is 3. The van der Waals surface area contributed by atoms with Crippen molar-refractivity contribution in [3.63, 3.8) is 0 Å². The summed E-state index contributed by atoms with van der Waals surface area (Å²) in [6.45, 7) is 0. The fourth-order valence-corrected chi connectivity index (χ4v) is 4.90. The Balaban J connectivity index is 1.65. The number of nitrogens with one attached hydrogen (secondary N) is 1. The lowest BCUT2D eigenvalue weighted by molar-refractivity contribution is 0.217. The second-order valence-electron chi connectivity index (χ2n) is 8.15. The van der Waals surface area contributed by atoms with Gasteiger partial charge in [-0.2, -0.15) is 10.1 Å². The maximum Gasteiger partial charge on any atom is 0.226 e. The molecule has 6 rings (SSSR count). The van der Waals surface area contributed by atoms with Crippen LogP contribution in [0.4, 0.5) is 10.3 Å². The van der Waals surface area contributed by atoms with E-state index in [1.54, 1.807) is 49.2 Å². The van der Waals surface area contributed by atoms with E-state index in [0.29, 0.717) is 33.8 Å². The van der Waals surface area contributed by atoms with E-state index in [4.69, 9.17) is 25.8 Å². The van der Waals surface area contributed by atoms with Crippen LogP contribution in [0.15, 0.2) is 72.6 Å². The average molecular weight is 491 g/mol. The summed E-state index contributed by atoms with van der Waals surface area (Å²) in [4.78, 5) is 4.37. The zero-order valence-electron chi connectivity index (χ0n) is 18.8. The van der Waals surface area contributed by atoms with Crippen LogP contribution in [0.3, 0.4) is 0 Å². The van der Waals surface area contributed by atoms with Crippen molar-refractivity contribution < 1.29 is 18.6 Å². The van der Waals surface area contributed by atoms with Crippen molar-refractivity contribution in [1.82, 2.24) is 14.8 Å². The quantitative estimate of drug-likeness (QED) is 0.399. The molecule has 0 aliphatic carbocycles. The minimum atomic E-state index is -0.631. The first-order valence-electron chi connectivity index (χ1n) is 10.9. The molecule has 1 N–H and O–H groups in total. The van der Waals surface area contributed by atoms with Crippen LogP contribution >= 0.6 is 11.6 Å². The smallest absolute Gasteiger partial charge is 0.226 e. The summed E-state index contributed by atoms with van der Waals surface area (Å²) in [5, 5.41) is 8.36. The third-order valence-corrected chi connectivity index (χ3v) is 6.53. The molecule has 3 heterocycles. The molecule has 35 heavy (non-hydrogen) atoms. The van der Waals surface area contributed by atoms with E-state index in [1.807, 2.05) is 24.3 Å². The minimum Gasteiger partial charge on any atom is -0.497 e. The van der Waals surface area contributed by atoms with Crippen LogP contribution in [0.25, 0.3) is 5.70 Å². The van der Waals surface area contributed by atoms with Gasteiger partial charge in [0.2, 0.25) is 5.95 Å². The first kappa shape index (κ1) is 21.5. The number of nitrogens with zero attached hydrogens (tertiary/aromatic N) is 3. The van der Waals surface area contributed by atoms with E-state index < -0.39 is 12.1 Å². The third kappa shape index (κ3) is 3.40. The molecule has 0 fully saturated rings. The number of ether oxygens (including phenoxy) is 3. The van der Waals surface area contributed by atoms with Crippen molar-refractivity contribution in [3.8, 4) is 17.2 Å². The highest BCUT2D eigenvalue weighted by atomic mass is 35.5. The van der Waals surface area contributed by atoms with Gasteiger partial charge in [-0.1, -0.05) is 29.8 Å². The summed E-state index contributed by atoms with van der Waals surface area (Å²) >= 11 is 6.37. The molecule has 2 aliphatic rings. The zero-order valence-corrected chi connectivity index (χ0v) is 19.6. The Labute approximate surface area is 205 Å². The molecule has 0 bridgehead atoms. The van der Waals surface area contributed by atoms with Gasteiger partial charge in [0.05, 0.1) is 19.9 Å². The van der Waals surface area contributed by atoms with E-state index in [0.717, 1.165) is 22.4 Å². The molecule has 3 aromatic carbocycles. The first-order chi connectivity index (χ1) is 17.1. The predicted octanol–water partition coefficient (Wildman–Crippen LogP) is 5.65. The summed E-state index contributed by atoms with van der Waals surface area (Å²) in [6, 6.07) is 17.0. The van der Waals surface area contributed by atoms with Crippen LogP contribution in [0.2, 0.25) is 5.02 Å². The zero-order chi connectivity index (χ0) is 24.1. The van der Waals surface area contributed by atoms with E-state index in [1.165, 1.54) is 12.4 Å². The highest BCUT2D eigenvalue weighted by Gasteiger charge is 2.42. The highest BCUT2D eigenvalue weighted by Crippen LogP contribution is 2.52. The summed E-state index contributed by atoms with van der Waals surface area (Å²) in [5.74, 6) is 1.99. The second kappa shape index (κ2) is 8.32. The van der Waals surface area contributed by atoms with Crippen molar-refractivity contribution in [3.05, 3.63) is 100 Å². The van der Waals surface area contributed by atoms with Crippen molar-refractivity contribution in [1.29, 1.82) is 0 Å². The normalized spacial score (nSPS) is 18.1. The van der Waals surface area contributed by atoms with E-state index in [2.05, 4.69) is 15.4 Å². The molecule has 0 amide bonds. The number of aromatic nitrogens is 3. The molecule has 4 aromatic rings. The van der Waals surface area contributed by atoms with Gasteiger partial charge in [-0.05, 0) is 36.4 Å². The van der Waals surface area contributed by atoms with Crippen molar-refractivity contribution in [2.45, 2.75) is 12.1 Å². The van der Waals surface area contributed by atoms with Gasteiger partial charge < -0.3 is 19.5 Å². The van der Waals surface area contributed by atoms with Crippen LogP contribution in [0, 0.1) is 5.82 Å². The molecule has 0 spiro atoms. The van der Waals surface area contributed by atoms with Gasteiger partial charge in [0.25, 0.3) is 0 Å². The summed E-state index contributed by atoms with van der Waals surface area (Å²) < 4.78 is 34.6. The summed E-state index contributed by atoms with van der Waals surface area (Å²) in [5.41, 5.74) is 3.46. The van der Waals surface area contributed by atoms with Crippen LogP contribution in [0.1, 0.15) is 28.8 Å². The highest BCUT2D eigenvalue weighted by molar-refractivity contribution is 6.30. The number of halogens is 2. The summed E-state index contributed by atoms with van der Waals surface area (Å²) in [6.07, 6.45) is 0.811. The lowest BCUT2D eigenvalue weighted by Gasteiger charge is -2.39. The van der Waals surface area contributed by atoms with Gasteiger partial charge in [0.15, 0.2) is 6.10 Å². The van der Waals surface area contributed by atoms with Gasteiger partial charge in [-0.25, -0.2) is 9.07 Å². The Morgan fingerprint density at radius 1 is 1.03 bits per heavy atom. The summed E-state index contributed by atoms with van der Waals surface area (Å²) in [7, 11) is 3.19. The molecule has 0 unspecified atom stereocenters. The van der Waals surface area contributed by atoms with Crippen molar-refractivity contribution in [2.24, 2.45) is 0 Å². The Morgan fingerprint density at radius 3 is 2.69 bits per heavy atom. The van der Waals surface area contributed by atoms with E-state index >= 15 is 4.39 Å². The molecule has 2 atom stereocenters. The van der Waals surface area contributed by atoms with Crippen LogP contribution in [-0.4, -0.2) is 29.0 Å². The Bertz CT molecular complexity index is 1490. The second-order valence-corrected chi connectivity index (χ2v) is 8.59. The molecule has 0 saturated carbocycles. The number of hydrogen-bond acceptors (Lipinski definition) is 6. The molecule has 2 aliphatic heterocycles. The third-order valence-electron chi connectivity index (χ3n) is 6.30. The van der Waals surface area contributed by atoms with Gasteiger partial charge in [-0.3, -0.25) is 0 Å². The molecule has 9 heteroatoms. The molecule has 176 valence electrons. The fraction of sp³-hybridized carbons (Fsp3) is 0.154. The van der Waals surface area contributed by atoms with E-state index in [-0.39, 0.29) is 5.82 Å². The van der Waals surface area contributed by atoms with Crippen LogP contribution < -0.4 is 19.5 Å². The Morgan fingerprint density at radius 2 is 1.89 bits per heavy atom. The fourth-order valence-electron chi connectivity index (χ4n) is 4.73. The number of rotatable bonds is 4. The molecular formula is C26H20ClFN4O3. The SMILES string of the molecule is COc1ccc([C@@H]2Oc3ccc(Cl)cc3C3=C2[C@@H](c2ccccc2F)n2ncnc2N3)c(OC)c1. The van der Waals surface area contributed by atoms with Crippen molar-refractivity contribution >= 4 is 23.2 Å². The largest absolute Gasteiger partial charge is 0.497 e. The van der Waals surface area contributed by atoms with Crippen LogP contribution in [-0.2, 0) is 0 Å². The van der Waals surface area contributed by atoms with E-state index in [9.17, 15) is 0 Å². The van der Waals surface area contributed by atoms with Crippen molar-refractivity contribution in [2.75, 3.05) is 19.5 Å². The number of anilines is 1. The number of methoxy groups -OCH3 is 2. The van der Waals surface area contributed by atoms with Gasteiger partial charge in [0.1, 0.15) is 35.4 Å². The molecule has 0 saturated heterocycles. The lowest BCUT2D eigenvalue weighted by Crippen LogP contribution is -2.33. The van der Waals surface area contributed by atoms with Gasteiger partial charge in [-0.15, -0.1) is 0 Å². The Hall–Kier alpha value is -4.04. The number of fused-ring (bicyclic) bond motifs is 3. The first-order valence-corrected chi connectivity index (χ1v) is 11.3. The lowest BCUT2D eigenvalue weighted by atomic mass is 9.84.